The molecule has 1 aromatic rings. The molecule has 0 aliphatic rings. The molecule has 0 aromatic heterocycles. The smallest absolute Gasteiger partial charge is 0.255 e. The molecular formula is C13H20N2O3. The highest BCUT2D eigenvalue weighted by molar-refractivity contribution is 5.98. The highest BCUT2D eigenvalue weighted by Crippen LogP contribution is 2.20. The first-order valence-corrected chi connectivity index (χ1v) is 5.90. The van der Waals surface area contributed by atoms with Crippen LogP contribution in [-0.4, -0.2) is 32.3 Å². The molecule has 3 N–H and O–H groups in total. The first-order chi connectivity index (χ1) is 8.58. The number of hydrogen-bond donors (Lipinski definition) is 2. The van der Waals surface area contributed by atoms with Gasteiger partial charge in [0.15, 0.2) is 0 Å². The first-order valence-electron chi connectivity index (χ1n) is 5.90. The van der Waals surface area contributed by atoms with Crippen LogP contribution < -0.4 is 15.8 Å². The molecule has 5 nitrogen and oxygen atoms in total. The predicted octanol–water partition coefficient (Wildman–Crippen LogP) is 1.43. The van der Waals surface area contributed by atoms with E-state index in [0.29, 0.717) is 30.2 Å². The van der Waals surface area contributed by atoms with Crippen LogP contribution in [0.1, 0.15) is 24.2 Å². The highest BCUT2D eigenvalue weighted by Gasteiger charge is 2.14. The lowest BCUT2D eigenvalue weighted by Gasteiger charge is -2.15. The summed E-state index contributed by atoms with van der Waals surface area (Å²) in [5.41, 5.74) is 6.63. The summed E-state index contributed by atoms with van der Waals surface area (Å²) in [4.78, 5) is 12.0. The summed E-state index contributed by atoms with van der Waals surface area (Å²) in [7, 11) is 1.52. The Bertz CT molecular complexity index is 407. The lowest BCUT2D eigenvalue weighted by Crippen LogP contribution is -2.36. The maximum Gasteiger partial charge on any atom is 0.255 e. The number of nitrogens with two attached hydrogens (primary N) is 1. The summed E-state index contributed by atoms with van der Waals surface area (Å²) in [6.07, 6.45) is 0. The lowest BCUT2D eigenvalue weighted by molar-refractivity contribution is 0.0869. The van der Waals surface area contributed by atoms with Crippen LogP contribution in [0.15, 0.2) is 18.2 Å². The molecule has 5 heteroatoms. The fourth-order valence-corrected chi connectivity index (χ4v) is 1.54. The molecule has 0 saturated heterocycles. The molecule has 0 heterocycles. The summed E-state index contributed by atoms with van der Waals surface area (Å²) in [6, 6.07) is 4.90. The quantitative estimate of drug-likeness (QED) is 0.751. The second kappa shape index (κ2) is 6.86. The van der Waals surface area contributed by atoms with Crippen molar-refractivity contribution in [1.82, 2.24) is 5.32 Å². The zero-order chi connectivity index (χ0) is 13.5. The van der Waals surface area contributed by atoms with Gasteiger partial charge in [-0.2, -0.15) is 0 Å². The van der Waals surface area contributed by atoms with Crippen molar-refractivity contribution in [2.45, 2.75) is 19.9 Å². The molecular weight excluding hydrogens is 232 g/mol. The molecule has 1 rings (SSSR count). The Hall–Kier alpha value is -1.75. The summed E-state index contributed by atoms with van der Waals surface area (Å²) >= 11 is 0. The molecule has 0 aliphatic carbocycles. The normalized spacial score (nSPS) is 11.9. The van der Waals surface area contributed by atoms with E-state index in [1.165, 1.54) is 7.11 Å². The van der Waals surface area contributed by atoms with Gasteiger partial charge in [0.25, 0.3) is 5.91 Å². The highest BCUT2D eigenvalue weighted by atomic mass is 16.5. The Labute approximate surface area is 107 Å². The molecule has 1 aromatic carbocycles. The Balaban J connectivity index is 2.74. The number of anilines is 1. The minimum Gasteiger partial charge on any atom is -0.496 e. The number of rotatable bonds is 6. The van der Waals surface area contributed by atoms with Crippen molar-refractivity contribution in [2.24, 2.45) is 0 Å². The zero-order valence-electron chi connectivity index (χ0n) is 11.0. The van der Waals surface area contributed by atoms with Crippen LogP contribution in [0.2, 0.25) is 0 Å². The van der Waals surface area contributed by atoms with E-state index < -0.39 is 0 Å². The number of nitrogens with one attached hydrogen (secondary N) is 1. The van der Waals surface area contributed by atoms with E-state index in [0.717, 1.165) is 0 Å². The molecule has 0 spiro atoms. The summed E-state index contributed by atoms with van der Waals surface area (Å²) in [5.74, 6) is 0.289. The second-order valence-corrected chi connectivity index (χ2v) is 3.99. The van der Waals surface area contributed by atoms with Crippen LogP contribution in [-0.2, 0) is 4.74 Å². The third-order valence-electron chi connectivity index (χ3n) is 2.42. The molecule has 0 aliphatic heterocycles. The van der Waals surface area contributed by atoms with E-state index in [2.05, 4.69) is 5.32 Å². The van der Waals surface area contributed by atoms with Gasteiger partial charge in [-0.15, -0.1) is 0 Å². The van der Waals surface area contributed by atoms with Crippen molar-refractivity contribution in [3.05, 3.63) is 23.8 Å². The Morgan fingerprint density at radius 1 is 1.50 bits per heavy atom. The van der Waals surface area contributed by atoms with Crippen molar-refractivity contribution in [1.29, 1.82) is 0 Å². The Morgan fingerprint density at radius 3 is 2.83 bits per heavy atom. The molecule has 100 valence electrons. The van der Waals surface area contributed by atoms with Crippen molar-refractivity contribution >= 4 is 11.6 Å². The van der Waals surface area contributed by atoms with Crippen molar-refractivity contribution < 1.29 is 14.3 Å². The average molecular weight is 252 g/mol. The van der Waals surface area contributed by atoms with Crippen LogP contribution in [0, 0.1) is 0 Å². The first kappa shape index (κ1) is 14.3. The number of amides is 1. The van der Waals surface area contributed by atoms with Crippen LogP contribution in [0.4, 0.5) is 5.69 Å². The van der Waals surface area contributed by atoms with Gasteiger partial charge in [-0.3, -0.25) is 4.79 Å². The zero-order valence-corrected chi connectivity index (χ0v) is 11.0. The number of carbonyl (C=O) groups is 1. The topological polar surface area (TPSA) is 73.6 Å². The van der Waals surface area contributed by atoms with Crippen molar-refractivity contribution in [2.75, 3.05) is 26.1 Å². The molecule has 0 fully saturated rings. The predicted molar refractivity (Wildman–Crippen MR) is 70.8 cm³/mol. The van der Waals surface area contributed by atoms with Gasteiger partial charge < -0.3 is 20.5 Å². The van der Waals surface area contributed by atoms with Gasteiger partial charge in [-0.25, -0.2) is 0 Å². The van der Waals surface area contributed by atoms with Crippen LogP contribution in [0.3, 0.4) is 0 Å². The Kier molecular flexibility index (Phi) is 5.45. The number of hydrogen-bond acceptors (Lipinski definition) is 4. The third-order valence-corrected chi connectivity index (χ3v) is 2.42. The minimum absolute atomic E-state index is 0.0661. The monoisotopic (exact) mass is 252 g/mol. The molecule has 1 atom stereocenters. The fourth-order valence-electron chi connectivity index (χ4n) is 1.54. The molecule has 0 radical (unpaired) electrons. The van der Waals surface area contributed by atoms with Crippen LogP contribution >= 0.6 is 0 Å². The third kappa shape index (κ3) is 3.92. The summed E-state index contributed by atoms with van der Waals surface area (Å²) in [5, 5.41) is 2.83. The van der Waals surface area contributed by atoms with Gasteiger partial charge in [0.2, 0.25) is 0 Å². The van der Waals surface area contributed by atoms with Gasteiger partial charge >= 0.3 is 0 Å². The van der Waals surface area contributed by atoms with Gasteiger partial charge in [0.1, 0.15) is 5.75 Å². The van der Waals surface area contributed by atoms with Crippen molar-refractivity contribution in [3.63, 3.8) is 0 Å². The number of nitrogen functional groups attached to an aromatic ring is 1. The van der Waals surface area contributed by atoms with Gasteiger partial charge in [-0.1, -0.05) is 0 Å². The van der Waals surface area contributed by atoms with Gasteiger partial charge in [0.05, 0.1) is 19.3 Å². The summed E-state index contributed by atoms with van der Waals surface area (Å²) in [6.45, 7) is 4.90. The molecule has 1 unspecified atom stereocenters. The van der Waals surface area contributed by atoms with Gasteiger partial charge in [0, 0.05) is 18.3 Å². The maximum atomic E-state index is 12.0. The van der Waals surface area contributed by atoms with E-state index >= 15 is 0 Å². The number of benzene rings is 1. The van der Waals surface area contributed by atoms with E-state index in [1.54, 1.807) is 18.2 Å². The minimum atomic E-state index is -0.216. The lowest BCUT2D eigenvalue weighted by atomic mass is 10.1. The number of ether oxygens (including phenoxy) is 2. The van der Waals surface area contributed by atoms with Gasteiger partial charge in [-0.05, 0) is 32.0 Å². The number of methoxy groups -OCH3 is 1. The second-order valence-electron chi connectivity index (χ2n) is 3.99. The number of carbonyl (C=O) groups excluding carboxylic acids is 1. The average Bonchev–Trinajstić information content (AvgIpc) is 2.36. The van der Waals surface area contributed by atoms with E-state index in [4.69, 9.17) is 15.2 Å². The molecule has 0 saturated carbocycles. The summed E-state index contributed by atoms with van der Waals surface area (Å²) < 4.78 is 10.4. The largest absolute Gasteiger partial charge is 0.496 e. The SMILES string of the molecule is CCOCC(C)NC(=O)c1cc(N)ccc1OC. The molecule has 0 bridgehead atoms. The fraction of sp³-hybridized carbons (Fsp3) is 0.462. The van der Waals surface area contributed by atoms with E-state index in [9.17, 15) is 4.79 Å². The van der Waals surface area contributed by atoms with E-state index in [1.807, 2.05) is 13.8 Å². The molecule has 1 amide bonds. The van der Waals surface area contributed by atoms with E-state index in [-0.39, 0.29) is 11.9 Å². The maximum absolute atomic E-state index is 12.0. The Morgan fingerprint density at radius 2 is 2.22 bits per heavy atom. The standard InChI is InChI=1S/C13H20N2O3/c1-4-18-8-9(2)15-13(16)11-7-10(14)5-6-12(11)17-3/h5-7,9H,4,8,14H2,1-3H3,(H,15,16). The molecule has 18 heavy (non-hydrogen) atoms. The van der Waals surface area contributed by atoms with Crippen LogP contribution in [0.5, 0.6) is 5.75 Å². The van der Waals surface area contributed by atoms with Crippen LogP contribution in [0.25, 0.3) is 0 Å². The van der Waals surface area contributed by atoms with Crippen molar-refractivity contribution in [3.8, 4) is 5.75 Å².